The molecule has 0 N–H and O–H groups in total. The summed E-state index contributed by atoms with van der Waals surface area (Å²) in [5.74, 6) is 0. The smallest absolute Gasteiger partial charge is 0.275 e. The number of nitrogens with zero attached hydrogens (tertiary/aromatic N) is 3. The Morgan fingerprint density at radius 3 is 2.73 bits per heavy atom. The second-order valence-corrected chi connectivity index (χ2v) is 2.79. The van der Waals surface area contributed by atoms with Gasteiger partial charge in [0.25, 0.3) is 5.70 Å². The molecule has 0 aromatic heterocycles. The Bertz CT molecular complexity index is 202. The van der Waals surface area contributed by atoms with Crippen molar-refractivity contribution in [3.05, 3.63) is 22.0 Å². The third-order valence-electron chi connectivity index (χ3n) is 1.50. The van der Waals surface area contributed by atoms with Gasteiger partial charge in [-0.2, -0.15) is 0 Å². The fourth-order valence-electron chi connectivity index (χ4n) is 1.15. The molecule has 0 saturated heterocycles. The van der Waals surface area contributed by atoms with Crippen LogP contribution in [-0.2, 0) is 0 Å². The SMILES string of the molecule is CN1C=C([N+](=O)[O-])CN(C)C1. The van der Waals surface area contributed by atoms with Crippen molar-refractivity contribution in [2.75, 3.05) is 27.3 Å². The molecule has 0 aromatic carbocycles. The van der Waals surface area contributed by atoms with E-state index in [9.17, 15) is 10.1 Å². The Balaban J connectivity index is 2.72. The van der Waals surface area contributed by atoms with E-state index >= 15 is 0 Å². The Morgan fingerprint density at radius 2 is 2.27 bits per heavy atom. The van der Waals surface area contributed by atoms with Crippen LogP contribution in [-0.4, -0.2) is 42.0 Å². The van der Waals surface area contributed by atoms with E-state index in [1.54, 1.807) is 11.1 Å². The van der Waals surface area contributed by atoms with Gasteiger partial charge in [0.2, 0.25) is 0 Å². The van der Waals surface area contributed by atoms with E-state index in [0.717, 1.165) is 6.67 Å². The van der Waals surface area contributed by atoms with Gasteiger partial charge in [0.1, 0.15) is 0 Å². The van der Waals surface area contributed by atoms with E-state index < -0.39 is 0 Å². The molecular weight excluding hydrogens is 146 g/mol. The summed E-state index contributed by atoms with van der Waals surface area (Å²) in [5.41, 5.74) is 0.251. The van der Waals surface area contributed by atoms with Crippen LogP contribution in [0.25, 0.3) is 0 Å². The van der Waals surface area contributed by atoms with Gasteiger partial charge in [0, 0.05) is 7.05 Å². The molecule has 0 unspecified atom stereocenters. The maximum absolute atomic E-state index is 10.3. The van der Waals surface area contributed by atoms with Crippen LogP contribution in [0.15, 0.2) is 11.9 Å². The van der Waals surface area contributed by atoms with Crippen LogP contribution >= 0.6 is 0 Å². The summed E-state index contributed by atoms with van der Waals surface area (Å²) in [7, 11) is 3.67. The standard InChI is InChI=1S/C6H11N3O2/c1-7-3-6(9(10)11)4-8(2)5-7/h3H,4-5H2,1-2H3. The zero-order valence-electron chi connectivity index (χ0n) is 6.65. The normalized spacial score (nSPS) is 19.8. The van der Waals surface area contributed by atoms with Gasteiger partial charge in [-0.3, -0.25) is 15.0 Å². The van der Waals surface area contributed by atoms with E-state index in [0.29, 0.717) is 6.54 Å². The van der Waals surface area contributed by atoms with E-state index in [2.05, 4.69) is 0 Å². The lowest BCUT2D eigenvalue weighted by atomic mass is 10.4. The lowest BCUT2D eigenvalue weighted by Gasteiger charge is -2.26. The highest BCUT2D eigenvalue weighted by Gasteiger charge is 2.19. The maximum Gasteiger partial charge on any atom is 0.275 e. The molecule has 1 rings (SSSR count). The largest absolute Gasteiger partial charge is 0.362 e. The molecule has 11 heavy (non-hydrogen) atoms. The van der Waals surface area contributed by atoms with E-state index in [1.807, 2.05) is 19.0 Å². The van der Waals surface area contributed by atoms with Gasteiger partial charge < -0.3 is 4.90 Å². The van der Waals surface area contributed by atoms with Crippen molar-refractivity contribution >= 4 is 0 Å². The van der Waals surface area contributed by atoms with E-state index in [4.69, 9.17) is 0 Å². The molecule has 1 aliphatic rings. The highest BCUT2D eigenvalue weighted by Crippen LogP contribution is 2.06. The molecule has 0 spiro atoms. The molecule has 0 amide bonds. The van der Waals surface area contributed by atoms with Gasteiger partial charge >= 0.3 is 0 Å². The molecular formula is C6H11N3O2. The van der Waals surface area contributed by atoms with Crippen molar-refractivity contribution in [1.82, 2.24) is 9.80 Å². The number of likely N-dealkylation sites (N-methyl/N-ethyl adjacent to an activating group) is 1. The molecule has 62 valence electrons. The van der Waals surface area contributed by atoms with Crippen molar-refractivity contribution < 1.29 is 4.92 Å². The molecule has 1 heterocycles. The van der Waals surface area contributed by atoms with Crippen LogP contribution < -0.4 is 0 Å². The second-order valence-electron chi connectivity index (χ2n) is 2.79. The third-order valence-corrected chi connectivity index (χ3v) is 1.50. The van der Waals surface area contributed by atoms with Crippen molar-refractivity contribution in [1.29, 1.82) is 0 Å². The molecule has 0 bridgehead atoms. The average Bonchev–Trinajstić information content (AvgIpc) is 1.85. The molecule has 0 aromatic rings. The third kappa shape index (κ3) is 1.91. The minimum absolute atomic E-state index is 0.251. The quantitative estimate of drug-likeness (QED) is 0.395. The summed E-state index contributed by atoms with van der Waals surface area (Å²) < 4.78 is 0. The summed E-state index contributed by atoms with van der Waals surface area (Å²) in [6.45, 7) is 1.18. The summed E-state index contributed by atoms with van der Waals surface area (Å²) in [6, 6.07) is 0. The van der Waals surface area contributed by atoms with Crippen molar-refractivity contribution in [2.45, 2.75) is 0 Å². The minimum Gasteiger partial charge on any atom is -0.362 e. The fraction of sp³-hybridized carbons (Fsp3) is 0.667. The maximum atomic E-state index is 10.3. The Hall–Kier alpha value is -1.10. The zero-order chi connectivity index (χ0) is 8.43. The first-order valence-corrected chi connectivity index (χ1v) is 3.33. The van der Waals surface area contributed by atoms with Gasteiger partial charge in [0.15, 0.2) is 0 Å². The van der Waals surface area contributed by atoms with Crippen LogP contribution in [0.3, 0.4) is 0 Å². The summed E-state index contributed by atoms with van der Waals surface area (Å²) in [5, 5.41) is 10.3. The first kappa shape index (κ1) is 8.00. The summed E-state index contributed by atoms with van der Waals surface area (Å²) in [4.78, 5) is 13.7. The van der Waals surface area contributed by atoms with Crippen LogP contribution in [0, 0.1) is 10.1 Å². The Kier molecular flexibility index (Phi) is 2.09. The van der Waals surface area contributed by atoms with Crippen molar-refractivity contribution in [3.8, 4) is 0 Å². The first-order chi connectivity index (χ1) is 5.09. The van der Waals surface area contributed by atoms with Crippen molar-refractivity contribution in [3.63, 3.8) is 0 Å². The van der Waals surface area contributed by atoms with Crippen LogP contribution in [0.1, 0.15) is 0 Å². The molecule has 5 heteroatoms. The Morgan fingerprint density at radius 1 is 1.64 bits per heavy atom. The second kappa shape index (κ2) is 2.87. The van der Waals surface area contributed by atoms with Gasteiger partial charge in [-0.15, -0.1) is 0 Å². The predicted octanol–water partition coefficient (Wildman–Crippen LogP) is -0.0608. The van der Waals surface area contributed by atoms with Gasteiger partial charge in [0.05, 0.1) is 24.3 Å². The van der Waals surface area contributed by atoms with Gasteiger partial charge in [-0.1, -0.05) is 0 Å². The van der Waals surface area contributed by atoms with Crippen molar-refractivity contribution in [2.24, 2.45) is 0 Å². The molecule has 1 aliphatic heterocycles. The van der Waals surface area contributed by atoms with Crippen LogP contribution in [0.4, 0.5) is 0 Å². The summed E-state index contributed by atoms with van der Waals surface area (Å²) >= 11 is 0. The van der Waals surface area contributed by atoms with Crippen LogP contribution in [0.2, 0.25) is 0 Å². The highest BCUT2D eigenvalue weighted by atomic mass is 16.6. The zero-order valence-corrected chi connectivity index (χ0v) is 6.65. The average molecular weight is 157 g/mol. The molecule has 0 aliphatic carbocycles. The van der Waals surface area contributed by atoms with Gasteiger partial charge in [-0.05, 0) is 7.05 Å². The predicted molar refractivity (Wildman–Crippen MR) is 40.3 cm³/mol. The number of nitro groups is 1. The lowest BCUT2D eigenvalue weighted by Crippen LogP contribution is -2.37. The fourth-order valence-corrected chi connectivity index (χ4v) is 1.15. The lowest BCUT2D eigenvalue weighted by molar-refractivity contribution is -0.430. The van der Waals surface area contributed by atoms with Gasteiger partial charge in [-0.25, -0.2) is 0 Å². The highest BCUT2D eigenvalue weighted by molar-refractivity contribution is 4.96. The Labute approximate surface area is 65.0 Å². The van der Waals surface area contributed by atoms with Crippen LogP contribution in [0.5, 0.6) is 0 Å². The molecule has 0 radical (unpaired) electrons. The molecule has 0 fully saturated rings. The van der Waals surface area contributed by atoms with E-state index in [-0.39, 0.29) is 10.6 Å². The monoisotopic (exact) mass is 157 g/mol. The summed E-state index contributed by atoms with van der Waals surface area (Å²) in [6.07, 6.45) is 1.57. The number of hydrogen-bond donors (Lipinski definition) is 0. The molecule has 0 atom stereocenters. The van der Waals surface area contributed by atoms with E-state index in [1.165, 1.54) is 0 Å². The molecule has 5 nitrogen and oxygen atoms in total. The minimum atomic E-state index is -0.341. The first-order valence-electron chi connectivity index (χ1n) is 3.33. The number of rotatable bonds is 1. The topological polar surface area (TPSA) is 49.6 Å². The number of hydrogen-bond acceptors (Lipinski definition) is 4. The molecule has 0 saturated carbocycles.